The molecule has 1 saturated heterocycles. The third kappa shape index (κ3) is 3.19. The minimum Gasteiger partial charge on any atom is -0.457 e. The number of rotatable bonds is 3. The molecule has 4 heteroatoms. The van der Waals surface area contributed by atoms with E-state index in [0.29, 0.717) is 0 Å². The van der Waals surface area contributed by atoms with Crippen LogP contribution in [0.15, 0.2) is 60.7 Å². The Bertz CT molecular complexity index is 827. The number of ether oxygens (including phenoxy) is 1. The molecule has 3 aromatic rings. The van der Waals surface area contributed by atoms with Gasteiger partial charge < -0.3 is 14.5 Å². The van der Waals surface area contributed by atoms with Crippen LogP contribution in [-0.4, -0.2) is 43.1 Å². The number of fused-ring (bicyclic) bond motifs is 1. The highest BCUT2D eigenvalue weighted by Gasteiger charge is 2.15. The van der Waals surface area contributed by atoms with E-state index in [1.54, 1.807) is 0 Å². The van der Waals surface area contributed by atoms with Crippen molar-refractivity contribution in [2.24, 2.45) is 0 Å². The van der Waals surface area contributed by atoms with Crippen molar-refractivity contribution < 1.29 is 4.74 Å². The first-order valence-electron chi connectivity index (χ1n) is 8.35. The van der Waals surface area contributed by atoms with Crippen LogP contribution in [0.3, 0.4) is 0 Å². The van der Waals surface area contributed by atoms with Gasteiger partial charge in [0, 0.05) is 31.6 Å². The summed E-state index contributed by atoms with van der Waals surface area (Å²) in [6.45, 7) is 4.24. The van der Waals surface area contributed by atoms with E-state index in [2.05, 4.69) is 29.0 Å². The molecule has 4 rings (SSSR count). The summed E-state index contributed by atoms with van der Waals surface area (Å²) in [6, 6.07) is 20.1. The molecule has 0 aliphatic carbocycles. The van der Waals surface area contributed by atoms with E-state index < -0.39 is 0 Å². The van der Waals surface area contributed by atoms with Crippen molar-refractivity contribution in [3.8, 4) is 11.5 Å². The highest BCUT2D eigenvalue weighted by atomic mass is 16.5. The second-order valence-corrected chi connectivity index (χ2v) is 6.23. The summed E-state index contributed by atoms with van der Waals surface area (Å²) in [4.78, 5) is 9.53. The molecule has 1 aromatic heterocycles. The summed E-state index contributed by atoms with van der Waals surface area (Å²) in [7, 11) is 2.17. The largest absolute Gasteiger partial charge is 0.457 e. The lowest BCUT2D eigenvalue weighted by molar-refractivity contribution is 0.312. The summed E-state index contributed by atoms with van der Waals surface area (Å²) in [5, 5.41) is 1.10. The zero-order valence-corrected chi connectivity index (χ0v) is 13.9. The Hall–Kier alpha value is -2.59. The van der Waals surface area contributed by atoms with Crippen molar-refractivity contribution >= 4 is 16.7 Å². The quantitative estimate of drug-likeness (QED) is 0.734. The van der Waals surface area contributed by atoms with E-state index in [-0.39, 0.29) is 0 Å². The zero-order chi connectivity index (χ0) is 16.4. The van der Waals surface area contributed by atoms with Crippen LogP contribution in [0.25, 0.3) is 10.9 Å². The first-order chi connectivity index (χ1) is 11.8. The van der Waals surface area contributed by atoms with Crippen molar-refractivity contribution in [1.29, 1.82) is 0 Å². The highest BCUT2D eigenvalue weighted by Crippen LogP contribution is 2.26. The van der Waals surface area contributed by atoms with E-state index in [9.17, 15) is 0 Å². The third-order valence-corrected chi connectivity index (χ3v) is 4.45. The Labute approximate surface area is 142 Å². The average molecular weight is 319 g/mol. The van der Waals surface area contributed by atoms with Crippen molar-refractivity contribution in [3.63, 3.8) is 0 Å². The van der Waals surface area contributed by atoms with Crippen molar-refractivity contribution in [1.82, 2.24) is 9.88 Å². The van der Waals surface area contributed by atoms with Gasteiger partial charge in [0.15, 0.2) is 0 Å². The Kier molecular flexibility index (Phi) is 4.05. The molecule has 1 aliphatic rings. The van der Waals surface area contributed by atoms with Gasteiger partial charge in [0.2, 0.25) is 0 Å². The number of hydrogen-bond donors (Lipinski definition) is 0. The number of anilines is 1. The smallest absolute Gasteiger partial charge is 0.129 e. The maximum atomic E-state index is 5.90. The van der Waals surface area contributed by atoms with Crippen LogP contribution in [0.5, 0.6) is 11.5 Å². The number of benzene rings is 2. The van der Waals surface area contributed by atoms with Crippen LogP contribution in [-0.2, 0) is 0 Å². The number of pyridine rings is 1. The summed E-state index contributed by atoms with van der Waals surface area (Å²) in [5.41, 5.74) is 1.01. The van der Waals surface area contributed by atoms with Gasteiger partial charge in [-0.25, -0.2) is 4.98 Å². The fourth-order valence-electron chi connectivity index (χ4n) is 2.99. The molecule has 0 amide bonds. The third-order valence-electron chi connectivity index (χ3n) is 4.45. The predicted molar refractivity (Wildman–Crippen MR) is 98.0 cm³/mol. The molecule has 2 aromatic carbocycles. The molecule has 4 nitrogen and oxygen atoms in total. The topological polar surface area (TPSA) is 28.6 Å². The molecule has 0 saturated carbocycles. The fraction of sp³-hybridized carbons (Fsp3) is 0.250. The van der Waals surface area contributed by atoms with Crippen molar-refractivity contribution in [2.45, 2.75) is 0 Å². The SMILES string of the molecule is CN1CCN(c2ccc3cc(Oc4ccccc4)ccc3n2)CC1. The summed E-state index contributed by atoms with van der Waals surface area (Å²) >= 11 is 0. The van der Waals surface area contributed by atoms with Gasteiger partial charge in [0.05, 0.1) is 5.52 Å². The standard InChI is InChI=1S/C20H21N3O/c1-22-11-13-23(14-12-22)20-10-7-16-15-18(8-9-19(16)21-20)24-17-5-3-2-4-6-17/h2-10,15H,11-14H2,1H3. The van der Waals surface area contributed by atoms with Gasteiger partial charge in [-0.2, -0.15) is 0 Å². The van der Waals surface area contributed by atoms with E-state index in [1.807, 2.05) is 48.5 Å². The maximum Gasteiger partial charge on any atom is 0.129 e. The Morgan fingerprint density at radius 3 is 2.42 bits per heavy atom. The van der Waals surface area contributed by atoms with Crippen LogP contribution < -0.4 is 9.64 Å². The molecule has 2 heterocycles. The summed E-state index contributed by atoms with van der Waals surface area (Å²) in [5.74, 6) is 2.74. The van der Waals surface area contributed by atoms with Gasteiger partial charge in [-0.05, 0) is 49.5 Å². The van der Waals surface area contributed by atoms with Crippen molar-refractivity contribution in [3.05, 3.63) is 60.7 Å². The molecule has 122 valence electrons. The second kappa shape index (κ2) is 6.49. The normalized spacial score (nSPS) is 15.6. The molecule has 0 spiro atoms. The zero-order valence-electron chi connectivity index (χ0n) is 13.9. The molecule has 0 atom stereocenters. The van der Waals surface area contributed by atoms with Crippen LogP contribution in [0.1, 0.15) is 0 Å². The summed E-state index contributed by atoms with van der Waals surface area (Å²) in [6.07, 6.45) is 0. The van der Waals surface area contributed by atoms with Gasteiger partial charge >= 0.3 is 0 Å². The van der Waals surface area contributed by atoms with E-state index in [4.69, 9.17) is 9.72 Å². The van der Waals surface area contributed by atoms with E-state index >= 15 is 0 Å². The first kappa shape index (κ1) is 15.0. The Balaban J connectivity index is 1.56. The monoisotopic (exact) mass is 319 g/mol. The van der Waals surface area contributed by atoms with Crippen LogP contribution in [0, 0.1) is 0 Å². The van der Waals surface area contributed by atoms with Gasteiger partial charge in [-0.15, -0.1) is 0 Å². The molecule has 1 fully saturated rings. The molecule has 1 aliphatic heterocycles. The predicted octanol–water partition coefficient (Wildman–Crippen LogP) is 3.78. The lowest BCUT2D eigenvalue weighted by Gasteiger charge is -2.33. The second-order valence-electron chi connectivity index (χ2n) is 6.23. The van der Waals surface area contributed by atoms with E-state index in [1.165, 1.54) is 0 Å². The minimum absolute atomic E-state index is 0.836. The molecule has 0 bridgehead atoms. The molecular formula is C20H21N3O. The number of piperazine rings is 1. The Morgan fingerprint density at radius 1 is 0.833 bits per heavy atom. The molecule has 0 N–H and O–H groups in total. The lowest BCUT2D eigenvalue weighted by Crippen LogP contribution is -2.44. The average Bonchev–Trinajstić information content (AvgIpc) is 2.63. The first-order valence-corrected chi connectivity index (χ1v) is 8.35. The van der Waals surface area contributed by atoms with Crippen molar-refractivity contribution in [2.75, 3.05) is 38.1 Å². The van der Waals surface area contributed by atoms with Gasteiger partial charge in [-0.3, -0.25) is 0 Å². The number of hydrogen-bond acceptors (Lipinski definition) is 4. The van der Waals surface area contributed by atoms with Gasteiger partial charge in [-0.1, -0.05) is 18.2 Å². The Morgan fingerprint density at radius 2 is 1.62 bits per heavy atom. The molecule has 24 heavy (non-hydrogen) atoms. The lowest BCUT2D eigenvalue weighted by atomic mass is 10.2. The maximum absolute atomic E-state index is 5.90. The molecule has 0 unspecified atom stereocenters. The van der Waals surface area contributed by atoms with Gasteiger partial charge in [0.1, 0.15) is 17.3 Å². The van der Waals surface area contributed by atoms with Crippen LogP contribution >= 0.6 is 0 Å². The number of nitrogens with zero attached hydrogens (tertiary/aromatic N) is 3. The van der Waals surface area contributed by atoms with Gasteiger partial charge in [0.25, 0.3) is 0 Å². The number of likely N-dealkylation sites (N-methyl/N-ethyl adjacent to an activating group) is 1. The molecule has 0 radical (unpaired) electrons. The van der Waals surface area contributed by atoms with Crippen LogP contribution in [0.2, 0.25) is 0 Å². The number of para-hydroxylation sites is 1. The van der Waals surface area contributed by atoms with E-state index in [0.717, 1.165) is 54.4 Å². The fourth-order valence-corrected chi connectivity index (χ4v) is 2.99. The number of aromatic nitrogens is 1. The minimum atomic E-state index is 0.836. The highest BCUT2D eigenvalue weighted by molar-refractivity contribution is 5.82. The summed E-state index contributed by atoms with van der Waals surface area (Å²) < 4.78 is 5.90. The molecular weight excluding hydrogens is 298 g/mol. The van der Waals surface area contributed by atoms with Crippen LogP contribution in [0.4, 0.5) is 5.82 Å².